The average molecular weight is 302 g/mol. The van der Waals surface area contributed by atoms with Gasteiger partial charge in [-0.05, 0) is 30.5 Å². The molecule has 1 fully saturated rings. The first-order valence-corrected chi connectivity index (χ1v) is 7.06. The second-order valence-corrected chi connectivity index (χ2v) is 6.60. The summed E-state index contributed by atoms with van der Waals surface area (Å²) in [5, 5.41) is 9.35. The van der Waals surface area contributed by atoms with E-state index in [9.17, 15) is 18.3 Å². The van der Waals surface area contributed by atoms with Crippen LogP contribution in [0.4, 0.5) is 19.0 Å². The van der Waals surface area contributed by atoms with Gasteiger partial charge in [-0.15, -0.1) is 0 Å². The van der Waals surface area contributed by atoms with Crippen molar-refractivity contribution in [1.29, 1.82) is 0 Å². The Morgan fingerprint density at radius 3 is 2.29 bits per heavy atom. The molecule has 2 rings (SSSR count). The van der Waals surface area contributed by atoms with Gasteiger partial charge in [-0.1, -0.05) is 20.8 Å². The van der Waals surface area contributed by atoms with Crippen molar-refractivity contribution in [3.05, 3.63) is 23.4 Å². The van der Waals surface area contributed by atoms with Crippen molar-refractivity contribution >= 4 is 5.82 Å². The predicted molar refractivity (Wildman–Crippen MR) is 75.3 cm³/mol. The fraction of sp³-hybridized carbons (Fsp3) is 0.667. The largest absolute Gasteiger partial charge is 0.405 e. The van der Waals surface area contributed by atoms with Crippen LogP contribution in [0.1, 0.15) is 44.9 Å². The first-order chi connectivity index (χ1) is 9.60. The van der Waals surface area contributed by atoms with E-state index in [0.29, 0.717) is 17.1 Å². The van der Waals surface area contributed by atoms with Crippen LogP contribution in [0.2, 0.25) is 0 Å². The SMILES string of the molecule is CC(C)(C)c1cc(CO)cc(N(CC(F)(F)F)C2CC2)n1. The number of rotatable bonds is 4. The topological polar surface area (TPSA) is 36.4 Å². The van der Waals surface area contributed by atoms with Gasteiger partial charge in [-0.3, -0.25) is 0 Å². The van der Waals surface area contributed by atoms with Crippen molar-refractivity contribution in [2.75, 3.05) is 11.4 Å². The van der Waals surface area contributed by atoms with Crippen molar-refractivity contribution in [2.45, 2.75) is 57.9 Å². The minimum absolute atomic E-state index is 0.0964. The van der Waals surface area contributed by atoms with Crippen LogP contribution in [0, 0.1) is 0 Å². The monoisotopic (exact) mass is 302 g/mol. The zero-order valence-electron chi connectivity index (χ0n) is 12.5. The number of aliphatic hydroxyl groups excluding tert-OH is 1. The van der Waals surface area contributed by atoms with Crippen LogP contribution >= 0.6 is 0 Å². The Morgan fingerprint density at radius 2 is 1.86 bits per heavy atom. The molecule has 0 radical (unpaired) electrons. The molecule has 1 heterocycles. The number of nitrogens with zero attached hydrogens (tertiary/aromatic N) is 2. The summed E-state index contributed by atoms with van der Waals surface area (Å²) < 4.78 is 38.3. The summed E-state index contributed by atoms with van der Waals surface area (Å²) in [7, 11) is 0. The molecule has 0 bridgehead atoms. The predicted octanol–water partition coefficient (Wildman–Crippen LogP) is 3.40. The molecule has 0 atom stereocenters. The molecule has 1 aliphatic rings. The van der Waals surface area contributed by atoms with Crippen LogP contribution in [-0.2, 0) is 12.0 Å². The highest BCUT2D eigenvalue weighted by Gasteiger charge is 2.39. The Hall–Kier alpha value is -1.30. The van der Waals surface area contributed by atoms with Gasteiger partial charge in [-0.25, -0.2) is 4.98 Å². The highest BCUT2D eigenvalue weighted by atomic mass is 19.4. The molecule has 1 aliphatic carbocycles. The van der Waals surface area contributed by atoms with Crippen molar-refractivity contribution in [2.24, 2.45) is 0 Å². The molecule has 118 valence electrons. The molecule has 0 aromatic carbocycles. The van der Waals surface area contributed by atoms with Crippen LogP contribution in [0.3, 0.4) is 0 Å². The van der Waals surface area contributed by atoms with Gasteiger partial charge in [0.25, 0.3) is 0 Å². The van der Waals surface area contributed by atoms with E-state index in [1.807, 2.05) is 20.8 Å². The fourth-order valence-electron chi connectivity index (χ4n) is 2.17. The molecule has 21 heavy (non-hydrogen) atoms. The Balaban J connectivity index is 2.39. The van der Waals surface area contributed by atoms with E-state index in [2.05, 4.69) is 4.98 Å². The number of hydrogen-bond donors (Lipinski definition) is 1. The van der Waals surface area contributed by atoms with E-state index in [1.165, 1.54) is 4.90 Å². The van der Waals surface area contributed by atoms with Gasteiger partial charge in [0.1, 0.15) is 12.4 Å². The normalized spacial score (nSPS) is 16.1. The first-order valence-electron chi connectivity index (χ1n) is 7.06. The molecule has 0 unspecified atom stereocenters. The van der Waals surface area contributed by atoms with Gasteiger partial charge in [0, 0.05) is 17.2 Å². The lowest BCUT2D eigenvalue weighted by Gasteiger charge is -2.27. The summed E-state index contributed by atoms with van der Waals surface area (Å²) in [5.41, 5.74) is 1.00. The van der Waals surface area contributed by atoms with E-state index < -0.39 is 12.7 Å². The number of anilines is 1. The zero-order valence-corrected chi connectivity index (χ0v) is 12.5. The molecule has 0 spiro atoms. The number of aromatic nitrogens is 1. The minimum atomic E-state index is -4.26. The summed E-state index contributed by atoms with van der Waals surface area (Å²) in [5.74, 6) is 0.311. The van der Waals surface area contributed by atoms with E-state index >= 15 is 0 Å². The third-order valence-corrected chi connectivity index (χ3v) is 3.45. The number of aliphatic hydroxyl groups is 1. The summed E-state index contributed by atoms with van der Waals surface area (Å²) in [6.45, 7) is 4.65. The van der Waals surface area contributed by atoms with Gasteiger partial charge in [0.2, 0.25) is 0 Å². The van der Waals surface area contributed by atoms with Gasteiger partial charge < -0.3 is 10.0 Å². The highest BCUT2D eigenvalue weighted by Crippen LogP contribution is 2.35. The molecule has 1 aromatic rings. The Labute approximate surface area is 122 Å². The minimum Gasteiger partial charge on any atom is -0.392 e. The molecule has 0 amide bonds. The molecule has 0 saturated heterocycles. The van der Waals surface area contributed by atoms with E-state index in [0.717, 1.165) is 12.8 Å². The van der Waals surface area contributed by atoms with E-state index in [4.69, 9.17) is 0 Å². The van der Waals surface area contributed by atoms with E-state index in [1.54, 1.807) is 12.1 Å². The summed E-state index contributed by atoms with van der Waals surface area (Å²) in [6, 6.07) is 3.21. The Kier molecular flexibility index (Phi) is 4.19. The van der Waals surface area contributed by atoms with Gasteiger partial charge >= 0.3 is 6.18 Å². The van der Waals surface area contributed by atoms with Crippen molar-refractivity contribution in [3.8, 4) is 0 Å². The van der Waals surface area contributed by atoms with Crippen LogP contribution in [0.5, 0.6) is 0 Å². The number of halogens is 3. The van der Waals surface area contributed by atoms with Gasteiger partial charge in [0.15, 0.2) is 0 Å². The van der Waals surface area contributed by atoms with Crippen molar-refractivity contribution < 1.29 is 18.3 Å². The van der Waals surface area contributed by atoms with Crippen molar-refractivity contribution in [1.82, 2.24) is 4.98 Å². The Bertz CT molecular complexity index is 505. The lowest BCUT2D eigenvalue weighted by Crippen LogP contribution is -2.37. The van der Waals surface area contributed by atoms with Crippen molar-refractivity contribution in [3.63, 3.8) is 0 Å². The maximum absolute atomic E-state index is 12.8. The maximum atomic E-state index is 12.8. The summed E-state index contributed by atoms with van der Waals surface area (Å²) >= 11 is 0. The lowest BCUT2D eigenvalue weighted by molar-refractivity contribution is -0.120. The van der Waals surface area contributed by atoms with Crippen LogP contribution in [0.15, 0.2) is 12.1 Å². The van der Waals surface area contributed by atoms with Gasteiger partial charge in [0.05, 0.1) is 6.61 Å². The van der Waals surface area contributed by atoms with Crippen LogP contribution in [-0.4, -0.2) is 28.9 Å². The van der Waals surface area contributed by atoms with E-state index in [-0.39, 0.29) is 18.1 Å². The molecule has 1 saturated carbocycles. The number of hydrogen-bond acceptors (Lipinski definition) is 3. The third kappa shape index (κ3) is 4.33. The summed E-state index contributed by atoms with van der Waals surface area (Å²) in [6.07, 6.45) is -2.75. The molecule has 1 N–H and O–H groups in total. The first kappa shape index (κ1) is 16.1. The molecule has 0 aliphatic heterocycles. The quantitative estimate of drug-likeness (QED) is 0.926. The number of alkyl halides is 3. The second kappa shape index (κ2) is 5.48. The molecule has 3 nitrogen and oxygen atoms in total. The fourth-order valence-corrected chi connectivity index (χ4v) is 2.17. The van der Waals surface area contributed by atoms with Crippen LogP contribution in [0.25, 0.3) is 0 Å². The summed E-state index contributed by atoms with van der Waals surface area (Å²) in [4.78, 5) is 5.73. The maximum Gasteiger partial charge on any atom is 0.405 e. The Morgan fingerprint density at radius 1 is 1.24 bits per heavy atom. The average Bonchev–Trinajstić information content (AvgIpc) is 3.17. The molecule has 6 heteroatoms. The third-order valence-electron chi connectivity index (χ3n) is 3.45. The molecular weight excluding hydrogens is 281 g/mol. The molecular formula is C15H21F3N2O. The zero-order chi connectivity index (χ0) is 15.8. The van der Waals surface area contributed by atoms with Crippen LogP contribution < -0.4 is 4.90 Å². The highest BCUT2D eigenvalue weighted by molar-refractivity contribution is 5.46. The molecule has 1 aromatic heterocycles. The second-order valence-electron chi connectivity index (χ2n) is 6.60. The number of pyridine rings is 1. The standard InChI is InChI=1S/C15H21F3N2O/c1-14(2,3)12-6-10(8-21)7-13(19-12)20(11-4-5-11)9-15(16,17)18/h6-7,11,21H,4-5,8-9H2,1-3H3. The van der Waals surface area contributed by atoms with Gasteiger partial charge in [-0.2, -0.15) is 13.2 Å². The smallest absolute Gasteiger partial charge is 0.392 e. The lowest BCUT2D eigenvalue weighted by atomic mass is 9.91.